The van der Waals surface area contributed by atoms with Crippen LogP contribution in [0.5, 0.6) is 5.88 Å². The van der Waals surface area contributed by atoms with E-state index in [4.69, 9.17) is 4.74 Å². The largest absolute Gasteiger partial charge is 0.474 e. The highest BCUT2D eigenvalue weighted by atomic mass is 16.5. The number of nitrogens with one attached hydrogen (secondary N) is 1. The van der Waals surface area contributed by atoms with Crippen molar-refractivity contribution in [3.63, 3.8) is 0 Å². The Kier molecular flexibility index (Phi) is 5.83. The average molecular weight is 326 g/mol. The van der Waals surface area contributed by atoms with E-state index < -0.39 is 0 Å². The smallest absolute Gasteiger partial charge is 0.213 e. The molecule has 1 aromatic heterocycles. The lowest BCUT2D eigenvalue weighted by molar-refractivity contribution is 0.201. The first-order chi connectivity index (χ1) is 11.7. The lowest BCUT2D eigenvalue weighted by Gasteiger charge is -2.16. The third-order valence-corrected chi connectivity index (χ3v) is 4.63. The molecule has 1 aliphatic rings. The third kappa shape index (κ3) is 4.56. The van der Waals surface area contributed by atoms with E-state index in [0.29, 0.717) is 6.10 Å². The van der Waals surface area contributed by atoms with E-state index in [1.807, 2.05) is 36.5 Å². The van der Waals surface area contributed by atoms with Crippen LogP contribution in [0.2, 0.25) is 0 Å². The second-order valence-electron chi connectivity index (χ2n) is 6.53. The molecule has 1 aromatic carbocycles. The number of pyridine rings is 1. The van der Waals surface area contributed by atoms with Crippen molar-refractivity contribution in [2.45, 2.75) is 57.9 Å². The normalized spacial score (nSPS) is 16.2. The fourth-order valence-electron chi connectivity index (χ4n) is 3.15. The Balaban J connectivity index is 1.57. The van der Waals surface area contributed by atoms with Gasteiger partial charge >= 0.3 is 0 Å². The van der Waals surface area contributed by atoms with Crippen LogP contribution in [-0.2, 0) is 13.2 Å². The lowest BCUT2D eigenvalue weighted by Crippen LogP contribution is -2.18. The minimum Gasteiger partial charge on any atom is -0.474 e. The monoisotopic (exact) mass is 326 g/mol. The summed E-state index contributed by atoms with van der Waals surface area (Å²) in [6, 6.07) is 12.3. The molecule has 2 aromatic rings. The molecule has 1 heterocycles. The number of hydrogen-bond acceptors (Lipinski definition) is 4. The molecule has 4 heteroatoms. The number of nitrogens with zero attached hydrogens (tertiary/aromatic N) is 1. The third-order valence-electron chi connectivity index (χ3n) is 4.63. The van der Waals surface area contributed by atoms with Crippen LogP contribution in [0.4, 0.5) is 0 Å². The van der Waals surface area contributed by atoms with Gasteiger partial charge in [-0.25, -0.2) is 4.98 Å². The second kappa shape index (κ2) is 8.27. The molecule has 1 saturated carbocycles. The zero-order chi connectivity index (χ0) is 16.8. The first kappa shape index (κ1) is 16.9. The average Bonchev–Trinajstić information content (AvgIpc) is 3.13. The van der Waals surface area contributed by atoms with Gasteiger partial charge in [0.2, 0.25) is 5.88 Å². The molecule has 4 nitrogen and oxygen atoms in total. The molecule has 0 saturated heterocycles. The molecule has 0 bridgehead atoms. The molecule has 128 valence electrons. The van der Waals surface area contributed by atoms with Crippen LogP contribution in [0.15, 0.2) is 42.6 Å². The first-order valence-electron chi connectivity index (χ1n) is 8.79. The zero-order valence-electron chi connectivity index (χ0n) is 14.2. The molecule has 1 aliphatic carbocycles. The second-order valence-corrected chi connectivity index (χ2v) is 6.53. The SMILES string of the molecule is CC(NCc1ccnc(OC2CCCC2)c1)c1cccc(CO)c1. The van der Waals surface area contributed by atoms with Gasteiger partial charge in [0.05, 0.1) is 6.61 Å². The molecular weight excluding hydrogens is 300 g/mol. The van der Waals surface area contributed by atoms with Crippen LogP contribution in [0.25, 0.3) is 0 Å². The van der Waals surface area contributed by atoms with Crippen LogP contribution >= 0.6 is 0 Å². The maximum absolute atomic E-state index is 9.26. The molecule has 1 fully saturated rings. The van der Waals surface area contributed by atoms with Crippen molar-refractivity contribution in [2.75, 3.05) is 0 Å². The van der Waals surface area contributed by atoms with Gasteiger partial charge in [-0.05, 0) is 55.4 Å². The van der Waals surface area contributed by atoms with Crippen molar-refractivity contribution in [3.05, 3.63) is 59.3 Å². The van der Waals surface area contributed by atoms with Crippen LogP contribution in [0, 0.1) is 0 Å². The van der Waals surface area contributed by atoms with E-state index in [-0.39, 0.29) is 12.6 Å². The van der Waals surface area contributed by atoms with Crippen molar-refractivity contribution in [1.29, 1.82) is 0 Å². The van der Waals surface area contributed by atoms with Gasteiger partial charge in [-0.15, -0.1) is 0 Å². The maximum Gasteiger partial charge on any atom is 0.213 e. The Bertz CT molecular complexity index is 654. The van der Waals surface area contributed by atoms with Crippen LogP contribution in [-0.4, -0.2) is 16.2 Å². The number of benzene rings is 1. The molecule has 0 radical (unpaired) electrons. The molecule has 1 unspecified atom stereocenters. The number of hydrogen-bond donors (Lipinski definition) is 2. The van der Waals surface area contributed by atoms with Gasteiger partial charge in [-0.3, -0.25) is 0 Å². The van der Waals surface area contributed by atoms with Crippen LogP contribution < -0.4 is 10.1 Å². The van der Waals surface area contributed by atoms with Crippen LogP contribution in [0.3, 0.4) is 0 Å². The molecule has 0 spiro atoms. The Hall–Kier alpha value is -1.91. The Labute approximate surface area is 143 Å². The maximum atomic E-state index is 9.26. The fraction of sp³-hybridized carbons (Fsp3) is 0.450. The van der Waals surface area contributed by atoms with E-state index in [1.165, 1.54) is 24.0 Å². The number of aliphatic hydroxyl groups excluding tert-OH is 1. The predicted molar refractivity (Wildman–Crippen MR) is 94.7 cm³/mol. The molecule has 2 N–H and O–H groups in total. The quantitative estimate of drug-likeness (QED) is 0.814. The summed E-state index contributed by atoms with van der Waals surface area (Å²) in [5, 5.41) is 12.8. The highest BCUT2D eigenvalue weighted by molar-refractivity contribution is 5.26. The van der Waals surface area contributed by atoms with Crippen molar-refractivity contribution in [1.82, 2.24) is 10.3 Å². The summed E-state index contributed by atoms with van der Waals surface area (Å²) in [6.45, 7) is 2.97. The minimum atomic E-state index is 0.0762. The van der Waals surface area contributed by atoms with Crippen molar-refractivity contribution in [2.24, 2.45) is 0 Å². The van der Waals surface area contributed by atoms with Crippen molar-refractivity contribution in [3.8, 4) is 5.88 Å². The van der Waals surface area contributed by atoms with Gasteiger partial charge in [0.1, 0.15) is 6.10 Å². The van der Waals surface area contributed by atoms with Gasteiger partial charge in [-0.1, -0.05) is 24.3 Å². The van der Waals surface area contributed by atoms with Gasteiger partial charge in [0.25, 0.3) is 0 Å². The summed E-state index contributed by atoms with van der Waals surface area (Å²) < 4.78 is 5.97. The Morgan fingerprint density at radius 2 is 2.04 bits per heavy atom. The van der Waals surface area contributed by atoms with Gasteiger partial charge in [0, 0.05) is 24.8 Å². The van der Waals surface area contributed by atoms with E-state index in [9.17, 15) is 5.11 Å². The Morgan fingerprint density at radius 3 is 2.83 bits per heavy atom. The standard InChI is InChI=1S/C20H26N2O2/c1-15(18-6-4-5-17(11-18)14-23)22-13-16-9-10-21-20(12-16)24-19-7-2-3-8-19/h4-6,9-12,15,19,22-23H,2-3,7-8,13-14H2,1H3. The predicted octanol–water partition coefficient (Wildman–Crippen LogP) is 3.75. The molecule has 1 atom stereocenters. The summed E-state index contributed by atoms with van der Waals surface area (Å²) in [4.78, 5) is 4.33. The number of rotatable bonds is 7. The van der Waals surface area contributed by atoms with E-state index >= 15 is 0 Å². The van der Waals surface area contributed by atoms with E-state index in [2.05, 4.69) is 23.3 Å². The summed E-state index contributed by atoms with van der Waals surface area (Å²) >= 11 is 0. The Morgan fingerprint density at radius 1 is 1.21 bits per heavy atom. The highest BCUT2D eigenvalue weighted by Gasteiger charge is 2.17. The highest BCUT2D eigenvalue weighted by Crippen LogP contribution is 2.23. The number of aromatic nitrogens is 1. The van der Waals surface area contributed by atoms with Gasteiger partial charge in [-0.2, -0.15) is 0 Å². The summed E-state index contributed by atoms with van der Waals surface area (Å²) in [5.41, 5.74) is 3.29. The molecule has 3 rings (SSSR count). The van der Waals surface area contributed by atoms with Crippen molar-refractivity contribution < 1.29 is 9.84 Å². The molecule has 24 heavy (non-hydrogen) atoms. The molecule has 0 amide bonds. The van der Waals surface area contributed by atoms with Gasteiger partial charge < -0.3 is 15.2 Å². The first-order valence-corrected chi connectivity index (χ1v) is 8.79. The zero-order valence-corrected chi connectivity index (χ0v) is 14.2. The molecule has 0 aliphatic heterocycles. The summed E-state index contributed by atoms with van der Waals surface area (Å²) in [6.07, 6.45) is 6.95. The minimum absolute atomic E-state index is 0.0762. The fourth-order valence-corrected chi connectivity index (χ4v) is 3.15. The van der Waals surface area contributed by atoms with Crippen molar-refractivity contribution >= 4 is 0 Å². The summed E-state index contributed by atoms with van der Waals surface area (Å²) in [5.74, 6) is 0.733. The van der Waals surface area contributed by atoms with E-state index in [1.54, 1.807) is 0 Å². The lowest BCUT2D eigenvalue weighted by atomic mass is 10.1. The van der Waals surface area contributed by atoms with Gasteiger partial charge in [0.15, 0.2) is 0 Å². The van der Waals surface area contributed by atoms with Crippen LogP contribution in [0.1, 0.15) is 55.3 Å². The molecular formula is C20H26N2O2. The summed E-state index contributed by atoms with van der Waals surface area (Å²) in [7, 11) is 0. The van der Waals surface area contributed by atoms with E-state index in [0.717, 1.165) is 30.8 Å². The number of aliphatic hydroxyl groups is 1. The number of ether oxygens (including phenoxy) is 1. The topological polar surface area (TPSA) is 54.4 Å².